The fourth-order valence-electron chi connectivity index (χ4n) is 1.49. The van der Waals surface area contributed by atoms with E-state index >= 15 is 0 Å². The Labute approximate surface area is 89.3 Å². The van der Waals surface area contributed by atoms with Crippen LogP contribution in [-0.2, 0) is 0 Å². The van der Waals surface area contributed by atoms with Crippen LogP contribution < -0.4 is 0 Å². The lowest BCUT2D eigenvalue weighted by Gasteiger charge is -2.06. The van der Waals surface area contributed by atoms with Gasteiger partial charge in [-0.25, -0.2) is 0 Å². The number of fused-ring (bicyclic) bond motifs is 1. The summed E-state index contributed by atoms with van der Waals surface area (Å²) in [5.41, 5.74) is 1.90. The minimum Gasteiger partial charge on any atom is -0.197 e. The van der Waals surface area contributed by atoms with Crippen LogP contribution in [0.3, 0.4) is 0 Å². The number of nitrogens with zero attached hydrogens (tertiary/aromatic N) is 4. The molecule has 80 valence electrons. The number of aromatic nitrogens is 4. The third kappa shape index (κ3) is 1.71. The Morgan fingerprint density at radius 1 is 1.00 bits per heavy atom. The average Bonchev–Trinajstić information content (AvgIpc) is 2.59. The number of hydrogen-bond acceptors (Lipinski definition) is 3. The van der Waals surface area contributed by atoms with Gasteiger partial charge in [-0.3, -0.25) is 0 Å². The molecule has 0 radical (unpaired) electrons. The smallest absolute Gasteiger partial charge is 0.177 e. The molecule has 0 amide bonds. The summed E-state index contributed by atoms with van der Waals surface area (Å²) in [6, 6.07) is 3.99. The van der Waals surface area contributed by atoms with Crippen LogP contribution in [0.25, 0.3) is 5.65 Å². The van der Waals surface area contributed by atoms with Crippen molar-refractivity contribution >= 4 is 5.65 Å². The first-order valence-electron chi connectivity index (χ1n) is 5.32. The van der Waals surface area contributed by atoms with Crippen LogP contribution in [0.2, 0.25) is 0 Å². The molecule has 0 atom stereocenters. The van der Waals surface area contributed by atoms with Crippen molar-refractivity contribution in [2.24, 2.45) is 0 Å². The van der Waals surface area contributed by atoms with Crippen LogP contribution in [0.15, 0.2) is 12.1 Å². The molecule has 0 spiro atoms. The van der Waals surface area contributed by atoms with E-state index in [4.69, 9.17) is 0 Å². The zero-order valence-corrected chi connectivity index (χ0v) is 9.60. The van der Waals surface area contributed by atoms with Crippen LogP contribution in [0.4, 0.5) is 0 Å². The first-order valence-corrected chi connectivity index (χ1v) is 5.32. The fourth-order valence-corrected chi connectivity index (χ4v) is 1.49. The summed E-state index contributed by atoms with van der Waals surface area (Å²) in [5.74, 6) is 1.69. The van der Waals surface area contributed by atoms with Crippen molar-refractivity contribution < 1.29 is 0 Å². The topological polar surface area (TPSA) is 43.1 Å². The Balaban J connectivity index is 2.61. The van der Waals surface area contributed by atoms with E-state index < -0.39 is 0 Å². The highest BCUT2D eigenvalue weighted by Crippen LogP contribution is 2.15. The summed E-state index contributed by atoms with van der Waals surface area (Å²) >= 11 is 0. The highest BCUT2D eigenvalue weighted by molar-refractivity contribution is 5.37. The molecule has 0 saturated carbocycles. The first-order chi connectivity index (χ1) is 7.09. The lowest BCUT2D eigenvalue weighted by atomic mass is 10.1. The maximum absolute atomic E-state index is 4.55. The second-order valence-corrected chi connectivity index (χ2v) is 4.40. The zero-order chi connectivity index (χ0) is 11.0. The van der Waals surface area contributed by atoms with E-state index in [-0.39, 0.29) is 0 Å². The summed E-state index contributed by atoms with van der Waals surface area (Å²) in [5, 5.41) is 12.8. The van der Waals surface area contributed by atoms with E-state index in [1.54, 1.807) is 0 Å². The minimum atomic E-state index is 0.343. The first kappa shape index (κ1) is 10.1. The van der Waals surface area contributed by atoms with Crippen molar-refractivity contribution in [2.45, 2.75) is 39.5 Å². The molecule has 15 heavy (non-hydrogen) atoms. The third-order valence-corrected chi connectivity index (χ3v) is 2.42. The molecule has 4 nitrogen and oxygen atoms in total. The second kappa shape index (κ2) is 3.61. The summed E-state index contributed by atoms with van der Waals surface area (Å²) in [6.07, 6.45) is 0. The van der Waals surface area contributed by atoms with Gasteiger partial charge in [0.25, 0.3) is 0 Å². The van der Waals surface area contributed by atoms with Crippen molar-refractivity contribution in [1.82, 2.24) is 19.8 Å². The monoisotopic (exact) mass is 204 g/mol. The molecule has 0 fully saturated rings. The molecule has 0 N–H and O–H groups in total. The van der Waals surface area contributed by atoms with Crippen molar-refractivity contribution in [3.05, 3.63) is 23.7 Å². The molecule has 0 bridgehead atoms. The van der Waals surface area contributed by atoms with E-state index in [1.165, 1.54) is 0 Å². The van der Waals surface area contributed by atoms with Gasteiger partial charge in [0.1, 0.15) is 0 Å². The van der Waals surface area contributed by atoms with Crippen molar-refractivity contribution in [2.75, 3.05) is 0 Å². The molecule has 2 aromatic heterocycles. The van der Waals surface area contributed by atoms with Crippen LogP contribution in [0, 0.1) is 0 Å². The Morgan fingerprint density at radius 2 is 1.73 bits per heavy atom. The minimum absolute atomic E-state index is 0.343. The largest absolute Gasteiger partial charge is 0.197 e. The van der Waals surface area contributed by atoms with E-state index in [1.807, 2.05) is 16.6 Å². The Bertz CT molecular complexity index is 470. The standard InChI is InChI=1S/C11H16N4/c1-7(2)9-5-6-10-12-13-11(8(3)4)15(10)14-9/h5-8H,1-4H3. The molecule has 0 unspecified atom stereocenters. The van der Waals surface area contributed by atoms with Crippen LogP contribution >= 0.6 is 0 Å². The van der Waals surface area contributed by atoms with Gasteiger partial charge in [-0.15, -0.1) is 10.2 Å². The van der Waals surface area contributed by atoms with Gasteiger partial charge in [-0.1, -0.05) is 27.7 Å². The van der Waals surface area contributed by atoms with Crippen LogP contribution in [-0.4, -0.2) is 19.8 Å². The Morgan fingerprint density at radius 3 is 2.33 bits per heavy atom. The maximum atomic E-state index is 4.55. The maximum Gasteiger partial charge on any atom is 0.177 e. The highest BCUT2D eigenvalue weighted by Gasteiger charge is 2.11. The average molecular weight is 204 g/mol. The molecule has 0 aliphatic heterocycles. The highest BCUT2D eigenvalue weighted by atomic mass is 15.4. The van der Waals surface area contributed by atoms with E-state index in [0.29, 0.717) is 11.8 Å². The molecular weight excluding hydrogens is 188 g/mol. The van der Waals surface area contributed by atoms with Gasteiger partial charge in [-0.2, -0.15) is 9.61 Å². The zero-order valence-electron chi connectivity index (χ0n) is 9.60. The van der Waals surface area contributed by atoms with Crippen molar-refractivity contribution in [3.63, 3.8) is 0 Å². The molecule has 2 rings (SSSR count). The predicted octanol–water partition coefficient (Wildman–Crippen LogP) is 2.37. The third-order valence-electron chi connectivity index (χ3n) is 2.42. The summed E-state index contributed by atoms with van der Waals surface area (Å²) < 4.78 is 1.85. The number of hydrogen-bond donors (Lipinski definition) is 0. The summed E-state index contributed by atoms with van der Waals surface area (Å²) in [6.45, 7) is 8.46. The normalized spacial score (nSPS) is 11.9. The quantitative estimate of drug-likeness (QED) is 0.754. The molecule has 4 heteroatoms. The van der Waals surface area contributed by atoms with Crippen molar-refractivity contribution in [3.8, 4) is 0 Å². The molecule has 0 saturated heterocycles. The van der Waals surface area contributed by atoms with Crippen molar-refractivity contribution in [1.29, 1.82) is 0 Å². The second-order valence-electron chi connectivity index (χ2n) is 4.40. The molecule has 0 aliphatic carbocycles. The van der Waals surface area contributed by atoms with Gasteiger partial charge in [0.15, 0.2) is 11.5 Å². The fraction of sp³-hybridized carbons (Fsp3) is 0.545. The van der Waals surface area contributed by atoms with Crippen LogP contribution in [0.1, 0.15) is 51.0 Å². The summed E-state index contributed by atoms with van der Waals surface area (Å²) in [4.78, 5) is 0. The van der Waals surface area contributed by atoms with Gasteiger partial charge in [0.05, 0.1) is 5.69 Å². The van der Waals surface area contributed by atoms with Gasteiger partial charge in [0, 0.05) is 5.92 Å². The van der Waals surface area contributed by atoms with Gasteiger partial charge in [-0.05, 0) is 18.1 Å². The molecule has 2 aromatic rings. The lowest BCUT2D eigenvalue weighted by molar-refractivity contribution is 0.691. The van der Waals surface area contributed by atoms with E-state index in [9.17, 15) is 0 Å². The van der Waals surface area contributed by atoms with E-state index in [2.05, 4.69) is 43.0 Å². The lowest BCUT2D eigenvalue weighted by Crippen LogP contribution is -2.04. The van der Waals surface area contributed by atoms with Gasteiger partial charge >= 0.3 is 0 Å². The predicted molar refractivity (Wildman–Crippen MR) is 59.0 cm³/mol. The van der Waals surface area contributed by atoms with Gasteiger partial charge in [0.2, 0.25) is 0 Å². The van der Waals surface area contributed by atoms with Gasteiger partial charge < -0.3 is 0 Å². The van der Waals surface area contributed by atoms with Crippen LogP contribution in [0.5, 0.6) is 0 Å². The summed E-state index contributed by atoms with van der Waals surface area (Å²) in [7, 11) is 0. The Hall–Kier alpha value is -1.45. The molecule has 0 aromatic carbocycles. The number of rotatable bonds is 2. The SMILES string of the molecule is CC(C)c1ccc2nnc(C(C)C)n2n1. The molecular formula is C11H16N4. The molecule has 0 aliphatic rings. The molecule has 2 heterocycles. The van der Waals surface area contributed by atoms with E-state index in [0.717, 1.165) is 17.2 Å². The Kier molecular flexibility index (Phi) is 2.42.